The van der Waals surface area contributed by atoms with Crippen LogP contribution in [0.4, 0.5) is 5.13 Å². The largest absolute Gasteiger partial charge is 0.497 e. The third-order valence-corrected chi connectivity index (χ3v) is 9.41. The minimum Gasteiger partial charge on any atom is -0.497 e. The summed E-state index contributed by atoms with van der Waals surface area (Å²) in [4.78, 5) is 7.04. The van der Waals surface area contributed by atoms with Crippen LogP contribution < -0.4 is 14.4 Å². The van der Waals surface area contributed by atoms with Crippen molar-refractivity contribution >= 4 is 49.5 Å². The zero-order valence-corrected chi connectivity index (χ0v) is 20.7. The summed E-state index contributed by atoms with van der Waals surface area (Å²) in [6.45, 7) is 1.20. The summed E-state index contributed by atoms with van der Waals surface area (Å²) in [5.41, 5.74) is 1.69. The van der Waals surface area contributed by atoms with Gasteiger partial charge in [0.15, 0.2) is 15.0 Å². The highest BCUT2D eigenvalue weighted by atomic mass is 35.5. The van der Waals surface area contributed by atoms with E-state index in [4.69, 9.17) is 37.7 Å². The van der Waals surface area contributed by atoms with Crippen LogP contribution in [-0.2, 0) is 9.84 Å². The monoisotopic (exact) mass is 512 g/mol. The molecule has 10 heteroatoms. The number of benzene rings is 2. The molecule has 0 bridgehead atoms. The molecule has 0 saturated carbocycles. The van der Waals surface area contributed by atoms with Crippen molar-refractivity contribution in [1.82, 2.24) is 4.98 Å². The van der Waals surface area contributed by atoms with Gasteiger partial charge in [0.05, 0.1) is 35.1 Å². The number of aromatic nitrogens is 1. The maximum atomic E-state index is 13.1. The van der Waals surface area contributed by atoms with Gasteiger partial charge >= 0.3 is 0 Å². The van der Waals surface area contributed by atoms with Crippen LogP contribution in [0.5, 0.6) is 11.5 Å². The first-order valence-corrected chi connectivity index (χ1v) is 13.1. The minimum atomic E-state index is -3.53. The van der Waals surface area contributed by atoms with Crippen LogP contribution in [0.2, 0.25) is 10.0 Å². The number of nitrogens with zero attached hydrogens (tertiary/aromatic N) is 2. The van der Waals surface area contributed by atoms with E-state index >= 15 is 0 Å². The van der Waals surface area contributed by atoms with Crippen molar-refractivity contribution in [2.75, 3.05) is 32.2 Å². The van der Waals surface area contributed by atoms with Gasteiger partial charge in [-0.3, -0.25) is 0 Å². The Labute approximate surface area is 201 Å². The fraction of sp³-hybridized carbons (Fsp3) is 0.318. The molecule has 32 heavy (non-hydrogen) atoms. The molecule has 3 aromatic rings. The van der Waals surface area contributed by atoms with Gasteiger partial charge in [0.25, 0.3) is 0 Å². The molecule has 0 radical (unpaired) electrons. The summed E-state index contributed by atoms with van der Waals surface area (Å²) in [5.74, 6) is 1.40. The number of ether oxygens (including phenoxy) is 2. The SMILES string of the molecule is COc1ccc(-c2csc(N3CCC(S(=O)(=O)c4ccc(Cl)cc4Cl)CC3)n2)c(OC)c1. The Morgan fingerprint density at radius 3 is 2.47 bits per heavy atom. The molecule has 170 valence electrons. The zero-order chi connectivity index (χ0) is 22.9. The molecule has 6 nitrogen and oxygen atoms in total. The number of hydrogen-bond donors (Lipinski definition) is 0. The molecule has 0 amide bonds. The molecule has 1 aliphatic rings. The number of rotatable bonds is 6. The standard InChI is InChI=1S/C22H22Cl2N2O4S2/c1-29-15-4-5-17(20(12-15)30-2)19-13-31-22(25-19)26-9-7-16(8-10-26)32(27,28)21-6-3-14(23)11-18(21)24/h3-6,11-13,16H,7-10H2,1-2H3. The lowest BCUT2D eigenvalue weighted by Gasteiger charge is -2.31. The van der Waals surface area contributed by atoms with Gasteiger partial charge in [-0.1, -0.05) is 23.2 Å². The Balaban J connectivity index is 1.48. The Kier molecular flexibility index (Phi) is 6.86. The molecule has 1 aliphatic heterocycles. The van der Waals surface area contributed by atoms with Crippen molar-refractivity contribution in [3.8, 4) is 22.8 Å². The number of thiazole rings is 1. The topological polar surface area (TPSA) is 68.7 Å². The average Bonchev–Trinajstić information content (AvgIpc) is 3.28. The molecular formula is C22H22Cl2N2O4S2. The van der Waals surface area contributed by atoms with Crippen LogP contribution in [0.15, 0.2) is 46.7 Å². The minimum absolute atomic E-state index is 0.144. The zero-order valence-electron chi connectivity index (χ0n) is 17.5. The second-order valence-electron chi connectivity index (χ2n) is 7.39. The number of halogens is 2. The fourth-order valence-corrected chi connectivity index (χ4v) is 7.18. The number of methoxy groups -OCH3 is 2. The van der Waals surface area contributed by atoms with Crippen molar-refractivity contribution in [3.63, 3.8) is 0 Å². The highest BCUT2D eigenvalue weighted by molar-refractivity contribution is 7.92. The number of anilines is 1. The van der Waals surface area contributed by atoms with Gasteiger partial charge in [0.2, 0.25) is 0 Å². The van der Waals surface area contributed by atoms with E-state index in [9.17, 15) is 8.42 Å². The van der Waals surface area contributed by atoms with E-state index in [2.05, 4.69) is 4.90 Å². The Bertz CT molecular complexity index is 1220. The molecule has 0 aliphatic carbocycles. The van der Waals surface area contributed by atoms with Gasteiger partial charge < -0.3 is 14.4 Å². The summed E-state index contributed by atoms with van der Waals surface area (Å²) in [6, 6.07) is 10.1. The predicted molar refractivity (Wildman–Crippen MR) is 130 cm³/mol. The Morgan fingerprint density at radius 1 is 1.06 bits per heavy atom. The van der Waals surface area contributed by atoms with Crippen molar-refractivity contribution in [3.05, 3.63) is 51.8 Å². The number of hydrogen-bond acceptors (Lipinski definition) is 7. The summed E-state index contributed by atoms with van der Waals surface area (Å²) in [5, 5.41) is 2.93. The van der Waals surface area contributed by atoms with Gasteiger partial charge in [-0.2, -0.15) is 0 Å². The maximum Gasteiger partial charge on any atom is 0.185 e. The highest BCUT2D eigenvalue weighted by Crippen LogP contribution is 2.37. The first-order valence-electron chi connectivity index (χ1n) is 9.95. The van der Waals surface area contributed by atoms with Gasteiger partial charge in [-0.25, -0.2) is 13.4 Å². The molecule has 0 spiro atoms. The summed E-state index contributed by atoms with van der Waals surface area (Å²) in [6.07, 6.45) is 1.00. The molecule has 2 heterocycles. The molecule has 1 fully saturated rings. The molecule has 0 N–H and O–H groups in total. The summed E-state index contributed by atoms with van der Waals surface area (Å²) >= 11 is 13.6. The van der Waals surface area contributed by atoms with Crippen molar-refractivity contribution in [2.45, 2.75) is 23.0 Å². The van der Waals surface area contributed by atoms with Crippen molar-refractivity contribution < 1.29 is 17.9 Å². The molecule has 4 rings (SSSR count). The molecule has 1 aromatic heterocycles. The van der Waals surface area contributed by atoms with E-state index < -0.39 is 15.1 Å². The van der Waals surface area contributed by atoms with E-state index in [1.54, 1.807) is 20.3 Å². The van der Waals surface area contributed by atoms with Crippen LogP contribution >= 0.6 is 34.5 Å². The third kappa shape index (κ3) is 4.55. The molecule has 0 unspecified atom stereocenters. The van der Waals surface area contributed by atoms with Crippen LogP contribution in [-0.4, -0.2) is 46.0 Å². The van der Waals surface area contributed by atoms with E-state index in [1.807, 2.05) is 23.6 Å². The maximum absolute atomic E-state index is 13.1. The Morgan fingerprint density at radius 2 is 1.81 bits per heavy atom. The second-order valence-corrected chi connectivity index (χ2v) is 11.3. The first kappa shape index (κ1) is 23.2. The fourth-order valence-electron chi connectivity index (χ4n) is 3.79. The molecule has 1 saturated heterocycles. The summed E-state index contributed by atoms with van der Waals surface area (Å²) in [7, 11) is -0.305. The van der Waals surface area contributed by atoms with E-state index in [1.165, 1.54) is 23.5 Å². The van der Waals surface area contributed by atoms with E-state index in [-0.39, 0.29) is 9.92 Å². The number of piperidine rings is 1. The lowest BCUT2D eigenvalue weighted by molar-refractivity contribution is 0.395. The van der Waals surface area contributed by atoms with Crippen LogP contribution in [0, 0.1) is 0 Å². The van der Waals surface area contributed by atoms with Gasteiger partial charge in [0, 0.05) is 35.1 Å². The van der Waals surface area contributed by atoms with Crippen LogP contribution in [0.3, 0.4) is 0 Å². The molecular weight excluding hydrogens is 491 g/mol. The van der Waals surface area contributed by atoms with Crippen molar-refractivity contribution in [2.24, 2.45) is 0 Å². The molecule has 2 aromatic carbocycles. The van der Waals surface area contributed by atoms with Crippen molar-refractivity contribution in [1.29, 1.82) is 0 Å². The first-order chi connectivity index (χ1) is 15.3. The highest BCUT2D eigenvalue weighted by Gasteiger charge is 2.33. The smallest absolute Gasteiger partial charge is 0.185 e. The van der Waals surface area contributed by atoms with Gasteiger partial charge in [-0.15, -0.1) is 11.3 Å². The van der Waals surface area contributed by atoms with Gasteiger partial charge in [0.1, 0.15) is 11.5 Å². The normalized spacial score (nSPS) is 15.1. The Hall–Kier alpha value is -2.00. The lowest BCUT2D eigenvalue weighted by Crippen LogP contribution is -2.39. The van der Waals surface area contributed by atoms with E-state index in [0.29, 0.717) is 42.5 Å². The quantitative estimate of drug-likeness (QED) is 0.429. The molecule has 0 atom stereocenters. The second kappa shape index (κ2) is 9.47. The van der Waals surface area contributed by atoms with Gasteiger partial charge in [-0.05, 0) is 43.2 Å². The average molecular weight is 513 g/mol. The van der Waals surface area contributed by atoms with E-state index in [0.717, 1.165) is 16.4 Å². The number of sulfone groups is 1. The summed E-state index contributed by atoms with van der Waals surface area (Å²) < 4.78 is 36.9. The third-order valence-electron chi connectivity index (χ3n) is 5.53. The van der Waals surface area contributed by atoms with Crippen LogP contribution in [0.1, 0.15) is 12.8 Å². The lowest BCUT2D eigenvalue weighted by atomic mass is 10.1. The van der Waals surface area contributed by atoms with Crippen LogP contribution in [0.25, 0.3) is 11.3 Å². The predicted octanol–water partition coefficient (Wildman–Crippen LogP) is 5.58.